The molecule has 0 atom stereocenters. The highest BCUT2D eigenvalue weighted by molar-refractivity contribution is 5.52. The second-order valence-corrected chi connectivity index (χ2v) is 8.08. The van der Waals surface area contributed by atoms with E-state index < -0.39 is 0 Å². The Labute approximate surface area is 198 Å². The van der Waals surface area contributed by atoms with Crippen LogP contribution in [0.2, 0.25) is 0 Å². The van der Waals surface area contributed by atoms with Crippen LogP contribution in [-0.4, -0.2) is 60.1 Å². The molecule has 5 rings (SSSR count). The van der Waals surface area contributed by atoms with E-state index in [0.717, 1.165) is 47.3 Å². The van der Waals surface area contributed by atoms with Crippen molar-refractivity contribution in [1.29, 1.82) is 0 Å². The molecule has 1 saturated heterocycles. The summed E-state index contributed by atoms with van der Waals surface area (Å²) < 4.78 is 18.0. The molecule has 2 aromatic carbocycles. The highest BCUT2D eigenvalue weighted by Crippen LogP contribution is 2.24. The van der Waals surface area contributed by atoms with Gasteiger partial charge in [0.1, 0.15) is 11.5 Å². The van der Waals surface area contributed by atoms with Crippen LogP contribution in [0.4, 0.5) is 11.9 Å². The Morgan fingerprint density at radius 3 is 1.97 bits per heavy atom. The smallest absolute Gasteiger partial charge is 0.232 e. The van der Waals surface area contributed by atoms with E-state index in [0.29, 0.717) is 32.3 Å². The average molecular weight is 461 g/mol. The van der Waals surface area contributed by atoms with Gasteiger partial charge in [-0.15, -0.1) is 0 Å². The highest BCUT2D eigenvalue weighted by atomic mass is 16.5. The minimum Gasteiger partial charge on any atom is -0.497 e. The first-order chi connectivity index (χ1) is 16.7. The SMILES string of the molecule is COc1ccc(CN(Cc2ccc(OC)cc2)c2nc(N3CCOCC3)nc3ccnn23)cc1. The first-order valence-electron chi connectivity index (χ1n) is 11.3. The predicted molar refractivity (Wildman–Crippen MR) is 130 cm³/mol. The Balaban J connectivity index is 1.54. The molecule has 1 fully saturated rings. The van der Waals surface area contributed by atoms with Crippen LogP contribution in [0.25, 0.3) is 5.65 Å². The number of benzene rings is 2. The molecular formula is C25H28N6O3. The number of rotatable bonds is 8. The zero-order valence-corrected chi connectivity index (χ0v) is 19.4. The van der Waals surface area contributed by atoms with Crippen molar-refractivity contribution in [2.75, 3.05) is 50.3 Å². The third kappa shape index (κ3) is 4.74. The van der Waals surface area contributed by atoms with E-state index in [1.165, 1.54) is 0 Å². The van der Waals surface area contributed by atoms with E-state index in [4.69, 9.17) is 24.2 Å². The zero-order chi connectivity index (χ0) is 23.3. The molecule has 3 heterocycles. The lowest BCUT2D eigenvalue weighted by Gasteiger charge is -2.29. The van der Waals surface area contributed by atoms with Gasteiger partial charge in [-0.3, -0.25) is 0 Å². The van der Waals surface area contributed by atoms with Gasteiger partial charge in [0.15, 0.2) is 5.65 Å². The quantitative estimate of drug-likeness (QED) is 0.397. The third-order valence-electron chi connectivity index (χ3n) is 5.87. The van der Waals surface area contributed by atoms with Crippen molar-refractivity contribution in [2.45, 2.75) is 13.1 Å². The number of aromatic nitrogens is 4. The van der Waals surface area contributed by atoms with Crippen molar-refractivity contribution >= 4 is 17.5 Å². The van der Waals surface area contributed by atoms with E-state index in [-0.39, 0.29) is 0 Å². The molecule has 0 radical (unpaired) electrons. The molecule has 9 nitrogen and oxygen atoms in total. The first kappa shape index (κ1) is 22.0. The van der Waals surface area contributed by atoms with Gasteiger partial charge in [-0.2, -0.15) is 19.6 Å². The Morgan fingerprint density at radius 1 is 0.824 bits per heavy atom. The number of anilines is 2. The topological polar surface area (TPSA) is 77.2 Å². The molecule has 0 N–H and O–H groups in total. The Hall–Kier alpha value is -3.85. The van der Waals surface area contributed by atoms with Crippen LogP contribution in [0, 0.1) is 0 Å². The summed E-state index contributed by atoms with van der Waals surface area (Å²) in [5, 5.41) is 4.53. The van der Waals surface area contributed by atoms with Crippen LogP contribution in [0.3, 0.4) is 0 Å². The van der Waals surface area contributed by atoms with E-state index in [1.54, 1.807) is 24.9 Å². The Bertz CT molecular complexity index is 1170. The summed E-state index contributed by atoms with van der Waals surface area (Å²) >= 11 is 0. The first-order valence-corrected chi connectivity index (χ1v) is 11.3. The monoisotopic (exact) mass is 460 g/mol. The fraction of sp³-hybridized carbons (Fsp3) is 0.320. The molecule has 1 aliphatic rings. The molecular weight excluding hydrogens is 432 g/mol. The third-order valence-corrected chi connectivity index (χ3v) is 5.87. The number of hydrogen-bond donors (Lipinski definition) is 0. The summed E-state index contributed by atoms with van der Waals surface area (Å²) in [6.45, 7) is 4.16. The molecule has 0 saturated carbocycles. The molecule has 0 spiro atoms. The molecule has 0 bridgehead atoms. The van der Waals surface area contributed by atoms with Crippen LogP contribution < -0.4 is 19.3 Å². The lowest BCUT2D eigenvalue weighted by atomic mass is 10.1. The summed E-state index contributed by atoms with van der Waals surface area (Å²) in [6.07, 6.45) is 1.76. The molecule has 4 aromatic rings. The van der Waals surface area contributed by atoms with Crippen LogP contribution in [-0.2, 0) is 17.8 Å². The number of ether oxygens (including phenoxy) is 3. The molecule has 0 amide bonds. The van der Waals surface area contributed by atoms with Crippen LogP contribution in [0.15, 0.2) is 60.8 Å². The second-order valence-electron chi connectivity index (χ2n) is 8.08. The average Bonchev–Trinajstić information content (AvgIpc) is 3.38. The number of nitrogens with zero attached hydrogens (tertiary/aromatic N) is 6. The molecule has 0 unspecified atom stereocenters. The van der Waals surface area contributed by atoms with Gasteiger partial charge in [0.25, 0.3) is 0 Å². The van der Waals surface area contributed by atoms with Gasteiger partial charge in [0.05, 0.1) is 33.6 Å². The summed E-state index contributed by atoms with van der Waals surface area (Å²) in [4.78, 5) is 14.1. The van der Waals surface area contributed by atoms with Gasteiger partial charge in [-0.25, -0.2) is 0 Å². The Kier molecular flexibility index (Phi) is 6.44. The van der Waals surface area contributed by atoms with Crippen LogP contribution in [0.1, 0.15) is 11.1 Å². The number of morpholine rings is 1. The zero-order valence-electron chi connectivity index (χ0n) is 19.4. The van der Waals surface area contributed by atoms with Crippen molar-refractivity contribution in [1.82, 2.24) is 19.6 Å². The largest absolute Gasteiger partial charge is 0.497 e. The van der Waals surface area contributed by atoms with E-state index in [2.05, 4.69) is 39.2 Å². The lowest BCUT2D eigenvalue weighted by Crippen LogP contribution is -2.38. The van der Waals surface area contributed by atoms with Gasteiger partial charge in [0, 0.05) is 32.2 Å². The van der Waals surface area contributed by atoms with Gasteiger partial charge in [-0.1, -0.05) is 24.3 Å². The number of methoxy groups -OCH3 is 2. The predicted octanol–water partition coefficient (Wildman–Crippen LogP) is 3.18. The normalized spacial score (nSPS) is 13.8. The van der Waals surface area contributed by atoms with E-state index in [1.807, 2.05) is 30.3 Å². The Morgan fingerprint density at radius 2 is 1.41 bits per heavy atom. The van der Waals surface area contributed by atoms with Crippen molar-refractivity contribution in [3.8, 4) is 11.5 Å². The van der Waals surface area contributed by atoms with Gasteiger partial charge in [-0.05, 0) is 35.4 Å². The summed E-state index contributed by atoms with van der Waals surface area (Å²) in [5.41, 5.74) is 3.04. The molecule has 2 aromatic heterocycles. The molecule has 1 aliphatic heterocycles. The van der Waals surface area contributed by atoms with Crippen molar-refractivity contribution < 1.29 is 14.2 Å². The maximum atomic E-state index is 5.52. The van der Waals surface area contributed by atoms with Gasteiger partial charge >= 0.3 is 0 Å². The summed E-state index contributed by atoms with van der Waals surface area (Å²) in [5.74, 6) is 3.09. The van der Waals surface area contributed by atoms with Crippen molar-refractivity contribution in [3.05, 3.63) is 71.9 Å². The maximum Gasteiger partial charge on any atom is 0.232 e. The molecule has 9 heteroatoms. The lowest BCUT2D eigenvalue weighted by molar-refractivity contribution is 0.122. The van der Waals surface area contributed by atoms with Crippen molar-refractivity contribution in [2.24, 2.45) is 0 Å². The molecule has 176 valence electrons. The fourth-order valence-electron chi connectivity index (χ4n) is 4.01. The van der Waals surface area contributed by atoms with Crippen molar-refractivity contribution in [3.63, 3.8) is 0 Å². The minimum absolute atomic E-state index is 0.643. The minimum atomic E-state index is 0.643. The van der Waals surface area contributed by atoms with Crippen LogP contribution in [0.5, 0.6) is 11.5 Å². The van der Waals surface area contributed by atoms with E-state index in [9.17, 15) is 0 Å². The standard InChI is InChI=1S/C25H28N6O3/c1-32-21-7-3-19(4-8-21)17-30(18-20-5-9-22(33-2)10-6-20)25-28-24(29-13-15-34-16-14-29)27-23-11-12-26-31(23)25/h3-12H,13-18H2,1-2H3. The summed E-state index contributed by atoms with van der Waals surface area (Å²) in [7, 11) is 3.35. The number of fused-ring (bicyclic) bond motifs is 1. The maximum absolute atomic E-state index is 5.52. The fourth-order valence-corrected chi connectivity index (χ4v) is 4.01. The van der Waals surface area contributed by atoms with Crippen LogP contribution >= 0.6 is 0 Å². The molecule has 34 heavy (non-hydrogen) atoms. The molecule has 0 aliphatic carbocycles. The second kappa shape index (κ2) is 9.96. The van der Waals surface area contributed by atoms with E-state index >= 15 is 0 Å². The summed E-state index contributed by atoms with van der Waals surface area (Å²) in [6, 6.07) is 18.1. The highest BCUT2D eigenvalue weighted by Gasteiger charge is 2.21. The van der Waals surface area contributed by atoms with Gasteiger partial charge in [0.2, 0.25) is 11.9 Å². The number of hydrogen-bond acceptors (Lipinski definition) is 8. The van der Waals surface area contributed by atoms with Gasteiger partial charge < -0.3 is 24.0 Å².